The van der Waals surface area contributed by atoms with Crippen molar-refractivity contribution in [3.05, 3.63) is 35.1 Å². The highest BCUT2D eigenvalue weighted by molar-refractivity contribution is 14.0. The highest BCUT2D eigenvalue weighted by Crippen LogP contribution is 2.32. The quantitative estimate of drug-likeness (QED) is 0.182. The van der Waals surface area contributed by atoms with Crippen LogP contribution in [0.25, 0.3) is 0 Å². The molecule has 160 valence electrons. The third-order valence-corrected chi connectivity index (χ3v) is 3.13. The summed E-state index contributed by atoms with van der Waals surface area (Å²) < 4.78 is 57.1. The topological polar surface area (TPSA) is 74.8 Å². The van der Waals surface area contributed by atoms with Gasteiger partial charge in [0.1, 0.15) is 11.4 Å². The summed E-state index contributed by atoms with van der Waals surface area (Å²) in [5.41, 5.74) is -1.77. The molecule has 0 fully saturated rings. The zero-order valence-corrected chi connectivity index (χ0v) is 18.4. The lowest BCUT2D eigenvalue weighted by molar-refractivity contribution is -0.138. The van der Waals surface area contributed by atoms with Gasteiger partial charge in [0.15, 0.2) is 5.96 Å². The minimum atomic E-state index is -4.66. The number of hydrogen-bond acceptors (Lipinski definition) is 3. The maximum atomic E-state index is 13.1. The van der Waals surface area contributed by atoms with Gasteiger partial charge in [0, 0.05) is 26.7 Å². The highest BCUT2D eigenvalue weighted by atomic mass is 127. The van der Waals surface area contributed by atoms with Crippen LogP contribution < -0.4 is 16.0 Å². The molecule has 0 aliphatic heterocycles. The summed E-state index contributed by atoms with van der Waals surface area (Å²) >= 11 is 0. The lowest BCUT2D eigenvalue weighted by atomic mass is 10.1. The molecule has 0 atom stereocenters. The summed E-state index contributed by atoms with van der Waals surface area (Å²) in [5, 5.41) is 8.09. The van der Waals surface area contributed by atoms with Crippen molar-refractivity contribution in [2.75, 3.05) is 20.1 Å². The Labute approximate surface area is 178 Å². The number of nitrogens with one attached hydrogen (secondary N) is 3. The summed E-state index contributed by atoms with van der Waals surface area (Å²) in [4.78, 5) is 15.4. The highest BCUT2D eigenvalue weighted by Gasteiger charge is 2.33. The molecular weight excluding hydrogens is 495 g/mol. The Balaban J connectivity index is 0.00000729. The molecule has 11 heteroatoms. The molecule has 0 aromatic heterocycles. The van der Waals surface area contributed by atoms with E-state index in [1.165, 1.54) is 7.05 Å². The second-order valence-corrected chi connectivity index (χ2v) is 6.58. The van der Waals surface area contributed by atoms with Crippen molar-refractivity contribution in [3.63, 3.8) is 0 Å². The van der Waals surface area contributed by atoms with Crippen molar-refractivity contribution < 1.29 is 27.1 Å². The van der Waals surface area contributed by atoms with E-state index in [0.717, 1.165) is 12.1 Å². The number of nitrogens with zero attached hydrogens (tertiary/aromatic N) is 1. The average Bonchev–Trinajstić information content (AvgIpc) is 2.52. The first-order valence-electron chi connectivity index (χ1n) is 8.19. The van der Waals surface area contributed by atoms with E-state index in [9.17, 15) is 22.4 Å². The fourth-order valence-corrected chi connectivity index (χ4v) is 2.03. The monoisotopic (exact) mass is 520 g/mol. The second-order valence-electron chi connectivity index (χ2n) is 6.58. The number of carbonyl (C=O) groups is 1. The summed E-state index contributed by atoms with van der Waals surface area (Å²) in [6.07, 6.45) is -5.23. The van der Waals surface area contributed by atoms with Crippen LogP contribution in [0.1, 0.15) is 31.9 Å². The first-order chi connectivity index (χ1) is 12.4. The summed E-state index contributed by atoms with van der Waals surface area (Å²) in [6.45, 7) is 5.51. The van der Waals surface area contributed by atoms with Gasteiger partial charge in [-0.15, -0.1) is 24.0 Å². The number of alkyl halides is 3. The second kappa shape index (κ2) is 11.3. The summed E-state index contributed by atoms with van der Waals surface area (Å²) in [7, 11) is 1.45. The fraction of sp³-hybridized carbons (Fsp3) is 0.529. The first-order valence-corrected chi connectivity index (χ1v) is 8.19. The zero-order valence-electron chi connectivity index (χ0n) is 16.0. The molecule has 0 heterocycles. The molecule has 0 spiro atoms. The van der Waals surface area contributed by atoms with Gasteiger partial charge in [0.05, 0.1) is 5.56 Å². The van der Waals surface area contributed by atoms with Gasteiger partial charge in [-0.05, 0) is 38.5 Å². The number of carbonyl (C=O) groups excluding carboxylic acids is 1. The molecule has 1 aromatic rings. The molecule has 3 N–H and O–H groups in total. The van der Waals surface area contributed by atoms with Crippen LogP contribution in [-0.2, 0) is 17.5 Å². The van der Waals surface area contributed by atoms with Crippen LogP contribution in [0.5, 0.6) is 0 Å². The average molecular weight is 520 g/mol. The number of halogens is 5. The Morgan fingerprint density at radius 3 is 2.25 bits per heavy atom. The third-order valence-electron chi connectivity index (χ3n) is 3.13. The van der Waals surface area contributed by atoms with E-state index in [2.05, 4.69) is 20.9 Å². The van der Waals surface area contributed by atoms with E-state index in [-0.39, 0.29) is 55.1 Å². The molecule has 0 saturated carbocycles. The molecule has 0 unspecified atom stereocenters. The normalized spacial score (nSPS) is 12.1. The fourth-order valence-electron chi connectivity index (χ4n) is 2.03. The Morgan fingerprint density at radius 1 is 1.11 bits per heavy atom. The van der Waals surface area contributed by atoms with E-state index in [1.807, 2.05) is 0 Å². The lowest BCUT2D eigenvalue weighted by Gasteiger charge is -2.20. The van der Waals surface area contributed by atoms with Gasteiger partial charge in [0.25, 0.3) is 0 Å². The smallest absolute Gasteiger partial charge is 0.416 e. The number of ether oxygens (including phenoxy) is 1. The Bertz CT molecular complexity index is 676. The minimum absolute atomic E-state index is 0. The van der Waals surface area contributed by atoms with Crippen LogP contribution in [0.4, 0.5) is 22.4 Å². The maximum Gasteiger partial charge on any atom is 0.416 e. The minimum Gasteiger partial charge on any atom is -0.444 e. The van der Waals surface area contributed by atoms with Crippen LogP contribution in [0.15, 0.2) is 23.2 Å². The number of aliphatic imine (C=N–C) groups is 1. The molecule has 0 bridgehead atoms. The predicted octanol–water partition coefficient (Wildman–Crippen LogP) is 3.65. The standard InChI is InChI=1S/C17H24F4N4O2.HI/c1-16(2,3)27-15(26)24-8-7-23-14(22-4)25-10-11-5-6-12(18)9-13(11)17(19,20)21;/h5-6,9H,7-8,10H2,1-4H3,(H,24,26)(H2,22,23,25);1H. The van der Waals surface area contributed by atoms with Gasteiger partial charge < -0.3 is 20.7 Å². The molecule has 0 aliphatic carbocycles. The van der Waals surface area contributed by atoms with Crippen molar-refractivity contribution in [2.24, 2.45) is 4.99 Å². The Morgan fingerprint density at radius 2 is 1.71 bits per heavy atom. The molecule has 6 nitrogen and oxygen atoms in total. The van der Waals surface area contributed by atoms with Crippen molar-refractivity contribution in [3.8, 4) is 0 Å². The van der Waals surface area contributed by atoms with Gasteiger partial charge in [-0.1, -0.05) is 6.07 Å². The van der Waals surface area contributed by atoms with Gasteiger partial charge in [-0.2, -0.15) is 13.2 Å². The Kier molecular flexibility index (Phi) is 10.5. The SMILES string of the molecule is CN=C(NCCNC(=O)OC(C)(C)C)NCc1ccc(F)cc1C(F)(F)F.I. The van der Waals surface area contributed by atoms with E-state index in [4.69, 9.17) is 4.74 Å². The number of amides is 1. The molecular formula is C17H25F4IN4O2. The number of alkyl carbamates (subject to hydrolysis) is 1. The largest absolute Gasteiger partial charge is 0.444 e. The molecule has 1 rings (SSSR count). The predicted molar refractivity (Wildman–Crippen MR) is 109 cm³/mol. The summed E-state index contributed by atoms with van der Waals surface area (Å²) in [6, 6.07) is 2.49. The third kappa shape index (κ3) is 9.95. The molecule has 0 saturated heterocycles. The van der Waals surface area contributed by atoms with E-state index < -0.39 is 29.3 Å². The van der Waals surface area contributed by atoms with Crippen LogP contribution >= 0.6 is 24.0 Å². The molecule has 0 aliphatic rings. The van der Waals surface area contributed by atoms with Gasteiger partial charge in [0.2, 0.25) is 0 Å². The number of rotatable bonds is 5. The van der Waals surface area contributed by atoms with Crippen molar-refractivity contribution in [1.82, 2.24) is 16.0 Å². The molecule has 28 heavy (non-hydrogen) atoms. The van der Waals surface area contributed by atoms with Gasteiger partial charge in [-0.3, -0.25) is 4.99 Å². The molecule has 0 radical (unpaired) electrons. The van der Waals surface area contributed by atoms with Gasteiger partial charge >= 0.3 is 12.3 Å². The van der Waals surface area contributed by atoms with E-state index in [0.29, 0.717) is 6.07 Å². The maximum absolute atomic E-state index is 13.1. The van der Waals surface area contributed by atoms with E-state index in [1.54, 1.807) is 20.8 Å². The molecule has 1 amide bonds. The number of guanidine groups is 1. The van der Waals surface area contributed by atoms with Crippen molar-refractivity contribution in [1.29, 1.82) is 0 Å². The number of benzene rings is 1. The lowest BCUT2D eigenvalue weighted by Crippen LogP contribution is -2.42. The molecule has 1 aromatic carbocycles. The first kappa shape index (κ1) is 26.2. The van der Waals surface area contributed by atoms with Crippen molar-refractivity contribution in [2.45, 2.75) is 39.1 Å². The number of hydrogen-bond donors (Lipinski definition) is 3. The zero-order chi connectivity index (χ0) is 20.7. The van der Waals surface area contributed by atoms with Crippen molar-refractivity contribution >= 4 is 36.0 Å². The van der Waals surface area contributed by atoms with Gasteiger partial charge in [-0.25, -0.2) is 9.18 Å². The van der Waals surface area contributed by atoms with Crippen LogP contribution in [0, 0.1) is 5.82 Å². The van der Waals surface area contributed by atoms with Crippen LogP contribution in [0.2, 0.25) is 0 Å². The Hall–Kier alpha value is -1.79. The summed E-state index contributed by atoms with van der Waals surface area (Å²) in [5.74, 6) is -0.722. The van der Waals surface area contributed by atoms with E-state index >= 15 is 0 Å². The van der Waals surface area contributed by atoms with Crippen LogP contribution in [-0.4, -0.2) is 37.8 Å². The van der Waals surface area contributed by atoms with Crippen LogP contribution in [0.3, 0.4) is 0 Å².